The number of aromatic nitrogens is 3. The zero-order chi connectivity index (χ0) is 13.2. The van der Waals surface area contributed by atoms with E-state index in [1.165, 1.54) is 37.9 Å². The topological polar surface area (TPSA) is 60.0 Å². The first-order chi connectivity index (χ1) is 9.29. The van der Waals surface area contributed by atoms with Crippen LogP contribution in [0, 0.1) is 5.92 Å². The van der Waals surface area contributed by atoms with Gasteiger partial charge in [0.15, 0.2) is 0 Å². The highest BCUT2D eigenvalue weighted by Crippen LogP contribution is 2.29. The summed E-state index contributed by atoms with van der Waals surface area (Å²) in [6, 6.07) is 0.626. The van der Waals surface area contributed by atoms with Crippen LogP contribution >= 0.6 is 0 Å². The van der Waals surface area contributed by atoms with Crippen molar-refractivity contribution in [1.82, 2.24) is 19.7 Å². The summed E-state index contributed by atoms with van der Waals surface area (Å²) in [5.41, 5.74) is 5.89. The van der Waals surface area contributed by atoms with Crippen LogP contribution in [-0.2, 0) is 19.5 Å². The van der Waals surface area contributed by atoms with Gasteiger partial charge >= 0.3 is 0 Å². The number of rotatable bonds is 4. The fourth-order valence-corrected chi connectivity index (χ4v) is 3.70. The molecule has 2 atom stereocenters. The maximum absolute atomic E-state index is 5.89. The lowest BCUT2D eigenvalue weighted by Crippen LogP contribution is -2.38. The van der Waals surface area contributed by atoms with Crippen molar-refractivity contribution in [3.05, 3.63) is 11.6 Å². The van der Waals surface area contributed by atoms with Gasteiger partial charge in [-0.25, -0.2) is 0 Å². The van der Waals surface area contributed by atoms with Gasteiger partial charge in [0, 0.05) is 19.0 Å². The Labute approximate surface area is 115 Å². The molecule has 2 heterocycles. The number of nitrogens with two attached hydrogens (primary N) is 1. The average Bonchev–Trinajstić information content (AvgIpc) is 3.05. The van der Waals surface area contributed by atoms with Gasteiger partial charge in [0.1, 0.15) is 11.6 Å². The minimum Gasteiger partial charge on any atom is -0.330 e. The Morgan fingerprint density at radius 2 is 2.16 bits per heavy atom. The number of hydrogen-bond acceptors (Lipinski definition) is 4. The van der Waals surface area contributed by atoms with Gasteiger partial charge in [-0.05, 0) is 45.2 Å². The second kappa shape index (κ2) is 5.59. The van der Waals surface area contributed by atoms with E-state index >= 15 is 0 Å². The summed E-state index contributed by atoms with van der Waals surface area (Å²) >= 11 is 0. The van der Waals surface area contributed by atoms with E-state index in [9.17, 15) is 0 Å². The molecule has 1 aromatic heterocycles. The summed E-state index contributed by atoms with van der Waals surface area (Å²) in [6.45, 7) is 2.82. The zero-order valence-corrected chi connectivity index (χ0v) is 11.9. The van der Waals surface area contributed by atoms with Crippen molar-refractivity contribution in [3.63, 3.8) is 0 Å². The quantitative estimate of drug-likeness (QED) is 0.886. The van der Waals surface area contributed by atoms with Gasteiger partial charge in [0.05, 0.1) is 6.54 Å². The monoisotopic (exact) mass is 263 g/mol. The predicted octanol–water partition coefficient (Wildman–Crippen LogP) is 1.17. The highest BCUT2D eigenvalue weighted by Gasteiger charge is 2.30. The molecule has 1 saturated carbocycles. The maximum Gasteiger partial charge on any atom is 0.147 e. The lowest BCUT2D eigenvalue weighted by molar-refractivity contribution is 0.185. The van der Waals surface area contributed by atoms with Crippen LogP contribution in [0.25, 0.3) is 0 Å². The summed E-state index contributed by atoms with van der Waals surface area (Å²) in [4.78, 5) is 2.44. The standard InChI is InChI=1S/C14H25N5/c1-18(12-6-4-5-11(12)9-15)10-14-17-16-13-7-2-3-8-19(13)14/h11-12H,2-10,15H2,1H3. The smallest absolute Gasteiger partial charge is 0.147 e. The molecule has 0 saturated heterocycles. The van der Waals surface area contributed by atoms with E-state index in [1.807, 2.05) is 0 Å². The highest BCUT2D eigenvalue weighted by atomic mass is 15.3. The molecule has 3 rings (SSSR count). The van der Waals surface area contributed by atoms with Crippen molar-refractivity contribution in [3.8, 4) is 0 Å². The minimum absolute atomic E-state index is 0.626. The van der Waals surface area contributed by atoms with E-state index < -0.39 is 0 Å². The lowest BCUT2D eigenvalue weighted by Gasteiger charge is -2.29. The summed E-state index contributed by atoms with van der Waals surface area (Å²) in [5.74, 6) is 2.98. The third kappa shape index (κ3) is 2.54. The third-order valence-corrected chi connectivity index (χ3v) is 4.81. The lowest BCUT2D eigenvalue weighted by atomic mass is 10.0. The van der Waals surface area contributed by atoms with Crippen LogP contribution in [0.5, 0.6) is 0 Å². The molecule has 1 aromatic rings. The largest absolute Gasteiger partial charge is 0.330 e. The van der Waals surface area contributed by atoms with Crippen LogP contribution in [0.15, 0.2) is 0 Å². The van der Waals surface area contributed by atoms with Crippen molar-refractivity contribution < 1.29 is 0 Å². The molecule has 5 nitrogen and oxygen atoms in total. The van der Waals surface area contributed by atoms with Gasteiger partial charge in [-0.3, -0.25) is 4.90 Å². The van der Waals surface area contributed by atoms with Gasteiger partial charge in [0.25, 0.3) is 0 Å². The van der Waals surface area contributed by atoms with Gasteiger partial charge in [-0.1, -0.05) is 6.42 Å². The van der Waals surface area contributed by atoms with E-state index in [4.69, 9.17) is 5.73 Å². The van der Waals surface area contributed by atoms with E-state index in [1.54, 1.807) is 0 Å². The summed E-state index contributed by atoms with van der Waals surface area (Å²) in [5, 5.41) is 8.74. The van der Waals surface area contributed by atoms with Crippen LogP contribution in [0.3, 0.4) is 0 Å². The Morgan fingerprint density at radius 3 is 3.00 bits per heavy atom. The summed E-state index contributed by atoms with van der Waals surface area (Å²) in [7, 11) is 2.21. The van der Waals surface area contributed by atoms with Crippen LogP contribution in [0.1, 0.15) is 43.8 Å². The van der Waals surface area contributed by atoms with Crippen molar-refractivity contribution in [2.24, 2.45) is 11.7 Å². The second-order valence-electron chi connectivity index (χ2n) is 6.05. The molecule has 5 heteroatoms. The molecule has 2 aliphatic rings. The fraction of sp³-hybridized carbons (Fsp3) is 0.857. The number of nitrogens with zero attached hydrogens (tertiary/aromatic N) is 4. The molecule has 1 aliphatic carbocycles. The van der Waals surface area contributed by atoms with Crippen LogP contribution in [0.4, 0.5) is 0 Å². The normalized spacial score (nSPS) is 26.9. The first-order valence-electron chi connectivity index (χ1n) is 7.61. The van der Waals surface area contributed by atoms with E-state index in [-0.39, 0.29) is 0 Å². The molecule has 2 N–H and O–H groups in total. The van der Waals surface area contributed by atoms with E-state index in [0.717, 1.165) is 31.9 Å². The molecular formula is C14H25N5. The Bertz CT molecular complexity index is 427. The Balaban J connectivity index is 1.69. The van der Waals surface area contributed by atoms with Gasteiger partial charge in [-0.15, -0.1) is 10.2 Å². The highest BCUT2D eigenvalue weighted by molar-refractivity contribution is 4.99. The van der Waals surface area contributed by atoms with Crippen molar-refractivity contribution >= 4 is 0 Å². The third-order valence-electron chi connectivity index (χ3n) is 4.81. The van der Waals surface area contributed by atoms with Gasteiger partial charge in [0.2, 0.25) is 0 Å². The average molecular weight is 263 g/mol. The SMILES string of the molecule is CN(Cc1nnc2n1CCCC2)C1CCCC1CN. The van der Waals surface area contributed by atoms with Crippen LogP contribution in [-0.4, -0.2) is 39.3 Å². The van der Waals surface area contributed by atoms with Crippen LogP contribution in [0.2, 0.25) is 0 Å². The minimum atomic E-state index is 0.626. The summed E-state index contributed by atoms with van der Waals surface area (Å²) < 4.78 is 2.33. The van der Waals surface area contributed by atoms with Crippen LogP contribution < -0.4 is 5.73 Å². The Kier molecular flexibility index (Phi) is 3.84. The first-order valence-corrected chi connectivity index (χ1v) is 7.61. The van der Waals surface area contributed by atoms with Gasteiger partial charge in [-0.2, -0.15) is 0 Å². The molecule has 1 fully saturated rings. The maximum atomic E-state index is 5.89. The van der Waals surface area contributed by atoms with Crippen molar-refractivity contribution in [2.75, 3.05) is 13.6 Å². The Morgan fingerprint density at radius 1 is 1.26 bits per heavy atom. The molecule has 0 aromatic carbocycles. The van der Waals surface area contributed by atoms with Crippen molar-refractivity contribution in [2.45, 2.75) is 57.7 Å². The zero-order valence-electron chi connectivity index (χ0n) is 11.9. The first kappa shape index (κ1) is 13.1. The number of hydrogen-bond donors (Lipinski definition) is 1. The summed E-state index contributed by atoms with van der Waals surface area (Å²) in [6.07, 6.45) is 7.48. The molecule has 19 heavy (non-hydrogen) atoms. The number of fused-ring (bicyclic) bond motifs is 1. The van der Waals surface area contributed by atoms with E-state index in [2.05, 4.69) is 26.7 Å². The predicted molar refractivity (Wildman–Crippen MR) is 74.6 cm³/mol. The molecule has 0 bridgehead atoms. The van der Waals surface area contributed by atoms with E-state index in [0.29, 0.717) is 12.0 Å². The number of aryl methyl sites for hydroxylation is 1. The van der Waals surface area contributed by atoms with Crippen molar-refractivity contribution in [1.29, 1.82) is 0 Å². The molecule has 0 spiro atoms. The molecule has 0 amide bonds. The van der Waals surface area contributed by atoms with Gasteiger partial charge < -0.3 is 10.3 Å². The molecule has 1 aliphatic heterocycles. The molecule has 106 valence electrons. The Hall–Kier alpha value is -0.940. The fourth-order valence-electron chi connectivity index (χ4n) is 3.70. The molecular weight excluding hydrogens is 238 g/mol. The molecule has 0 radical (unpaired) electrons. The second-order valence-corrected chi connectivity index (χ2v) is 6.05. The molecule has 2 unspecified atom stereocenters.